The van der Waals surface area contributed by atoms with Crippen LogP contribution >= 0.6 is 0 Å². The standard InChI is InChI=1S/C26H38O5/c1-8-13(2)16(5)31-23-14(3)11-25-15(4)9-19-20(24(19,6)7)18(22(25)29)10-17(12-27)21(28)26(23,25)30/h8,10-11,15-16,18-21,23,27-28,30H,9,12H2,1-7H3/b13-8+/t15-,16?,18+,19-,20+,21-,23+,25+,26+/m1/s1. The molecule has 0 radical (unpaired) electrons. The topological polar surface area (TPSA) is 87.0 Å². The highest BCUT2D eigenvalue weighted by atomic mass is 16.5. The lowest BCUT2D eigenvalue weighted by molar-refractivity contribution is -0.204. The molecule has 2 bridgehead atoms. The monoisotopic (exact) mass is 430 g/mol. The normalized spacial score (nSPS) is 46.9. The lowest BCUT2D eigenvalue weighted by atomic mass is 9.59. The first-order valence-corrected chi connectivity index (χ1v) is 11.6. The first-order chi connectivity index (χ1) is 14.4. The van der Waals surface area contributed by atoms with E-state index in [0.29, 0.717) is 11.5 Å². The Morgan fingerprint density at radius 2 is 2.03 bits per heavy atom. The van der Waals surface area contributed by atoms with Gasteiger partial charge in [0.05, 0.1) is 18.1 Å². The summed E-state index contributed by atoms with van der Waals surface area (Å²) in [5, 5.41) is 34.0. The number of aliphatic hydroxyl groups excluding tert-OH is 2. The first kappa shape index (κ1) is 22.9. The molecule has 0 heterocycles. The van der Waals surface area contributed by atoms with Crippen LogP contribution in [-0.4, -0.2) is 51.6 Å². The zero-order chi connectivity index (χ0) is 23.1. The highest BCUT2D eigenvalue weighted by Crippen LogP contribution is 2.71. The molecule has 0 aromatic heterocycles. The highest BCUT2D eigenvalue weighted by molar-refractivity contribution is 5.95. The van der Waals surface area contributed by atoms with Crippen molar-refractivity contribution in [2.45, 2.75) is 78.8 Å². The molecule has 1 spiro atoms. The third-order valence-electron chi connectivity index (χ3n) is 9.33. The van der Waals surface area contributed by atoms with E-state index in [4.69, 9.17) is 4.74 Å². The van der Waals surface area contributed by atoms with Gasteiger partial charge in [0.2, 0.25) is 0 Å². The summed E-state index contributed by atoms with van der Waals surface area (Å²) >= 11 is 0. The largest absolute Gasteiger partial charge is 0.392 e. The van der Waals surface area contributed by atoms with Crippen LogP contribution in [0.2, 0.25) is 0 Å². The molecule has 4 aliphatic carbocycles. The number of fused-ring (bicyclic) bond motifs is 3. The van der Waals surface area contributed by atoms with Crippen LogP contribution in [0.1, 0.15) is 54.9 Å². The number of allylic oxidation sites excluding steroid dienone is 2. The number of ketones is 1. The molecule has 3 N–H and O–H groups in total. The Kier molecular flexibility index (Phi) is 5.26. The van der Waals surface area contributed by atoms with Gasteiger partial charge < -0.3 is 20.1 Å². The predicted molar refractivity (Wildman–Crippen MR) is 119 cm³/mol. The minimum Gasteiger partial charge on any atom is -0.392 e. The fourth-order valence-electron chi connectivity index (χ4n) is 7.17. The summed E-state index contributed by atoms with van der Waals surface area (Å²) in [5.41, 5.74) is -0.965. The van der Waals surface area contributed by atoms with E-state index in [0.717, 1.165) is 17.6 Å². The van der Waals surface area contributed by atoms with Gasteiger partial charge in [-0.25, -0.2) is 0 Å². The average molecular weight is 431 g/mol. The average Bonchev–Trinajstić information content (AvgIpc) is 3.21. The van der Waals surface area contributed by atoms with Crippen LogP contribution in [-0.2, 0) is 9.53 Å². The summed E-state index contributed by atoms with van der Waals surface area (Å²) < 4.78 is 6.36. The minimum atomic E-state index is -1.86. The van der Waals surface area contributed by atoms with E-state index in [1.54, 1.807) is 6.08 Å². The molecule has 0 aromatic rings. The number of hydrogen-bond acceptors (Lipinski definition) is 5. The molecular formula is C26H38O5. The van der Waals surface area contributed by atoms with Crippen molar-refractivity contribution < 1.29 is 24.9 Å². The maximum absolute atomic E-state index is 14.3. The number of rotatable bonds is 4. The molecule has 4 rings (SSSR count). The van der Waals surface area contributed by atoms with Crippen molar-refractivity contribution in [3.8, 4) is 0 Å². The van der Waals surface area contributed by atoms with Gasteiger partial charge in [-0.05, 0) is 74.0 Å². The quantitative estimate of drug-likeness (QED) is 0.596. The van der Waals surface area contributed by atoms with Gasteiger partial charge in [-0.1, -0.05) is 39.0 Å². The van der Waals surface area contributed by atoms with Crippen LogP contribution in [0.4, 0.5) is 0 Å². The first-order valence-electron chi connectivity index (χ1n) is 11.6. The summed E-state index contributed by atoms with van der Waals surface area (Å²) in [6.07, 6.45) is 3.93. The van der Waals surface area contributed by atoms with Crippen molar-refractivity contribution >= 4 is 5.78 Å². The molecular weight excluding hydrogens is 392 g/mol. The molecule has 0 aliphatic heterocycles. The molecule has 0 aromatic carbocycles. The third-order valence-corrected chi connectivity index (χ3v) is 9.33. The van der Waals surface area contributed by atoms with Crippen molar-refractivity contribution in [2.75, 3.05) is 6.61 Å². The zero-order valence-corrected chi connectivity index (χ0v) is 19.8. The molecule has 5 heteroatoms. The second-order valence-electron chi connectivity index (χ2n) is 11.1. The molecule has 5 nitrogen and oxygen atoms in total. The second kappa shape index (κ2) is 7.11. The third kappa shape index (κ3) is 2.73. The summed E-state index contributed by atoms with van der Waals surface area (Å²) in [6, 6.07) is 0. The molecule has 172 valence electrons. The Morgan fingerprint density at radius 1 is 1.39 bits per heavy atom. The molecule has 1 unspecified atom stereocenters. The van der Waals surface area contributed by atoms with Crippen molar-refractivity contribution in [2.24, 2.45) is 34.5 Å². The van der Waals surface area contributed by atoms with E-state index >= 15 is 0 Å². The van der Waals surface area contributed by atoms with Gasteiger partial charge in [0.15, 0.2) is 5.78 Å². The van der Waals surface area contributed by atoms with Crippen LogP contribution in [0.25, 0.3) is 0 Å². The molecule has 0 amide bonds. The number of Topliss-reactive ketones (excluding diaryl/α,β-unsaturated/α-hetero) is 1. The molecule has 9 atom stereocenters. The zero-order valence-electron chi connectivity index (χ0n) is 19.8. The lowest BCUT2D eigenvalue weighted by Crippen LogP contribution is -2.66. The fraction of sp³-hybridized carbons (Fsp3) is 0.731. The fourth-order valence-corrected chi connectivity index (χ4v) is 7.17. The second-order valence-corrected chi connectivity index (χ2v) is 11.1. The van der Waals surface area contributed by atoms with Crippen LogP contribution in [0.5, 0.6) is 0 Å². The maximum Gasteiger partial charge on any atom is 0.153 e. The van der Waals surface area contributed by atoms with E-state index in [1.807, 2.05) is 46.8 Å². The van der Waals surface area contributed by atoms with Crippen LogP contribution in [0.3, 0.4) is 0 Å². The molecule has 31 heavy (non-hydrogen) atoms. The van der Waals surface area contributed by atoms with Crippen molar-refractivity contribution in [3.05, 3.63) is 34.9 Å². The summed E-state index contributed by atoms with van der Waals surface area (Å²) in [4.78, 5) is 14.3. The van der Waals surface area contributed by atoms with Gasteiger partial charge in [-0.2, -0.15) is 0 Å². The number of aliphatic hydroxyl groups is 3. The summed E-state index contributed by atoms with van der Waals surface area (Å²) in [6.45, 7) is 13.7. The van der Waals surface area contributed by atoms with Crippen LogP contribution in [0.15, 0.2) is 34.9 Å². The smallest absolute Gasteiger partial charge is 0.153 e. The van der Waals surface area contributed by atoms with E-state index in [1.165, 1.54) is 0 Å². The SMILES string of the molecule is C/C=C(\C)C(C)O[C@H]1C(C)=C[C@]23C(=O)[C@@H](C=C(CO)[C@@H](O)[C@]12O)[C@H]1[C@@H](C[C@H]3C)C1(C)C. The van der Waals surface area contributed by atoms with Crippen LogP contribution in [0, 0.1) is 34.5 Å². The Hall–Kier alpha value is -1.27. The van der Waals surface area contributed by atoms with E-state index < -0.39 is 35.7 Å². The summed E-state index contributed by atoms with van der Waals surface area (Å²) in [5.74, 6) is -0.0792. The van der Waals surface area contributed by atoms with Gasteiger partial charge in [-0.3, -0.25) is 4.79 Å². The molecule has 2 fully saturated rings. The minimum absolute atomic E-state index is 0.0332. The number of hydrogen-bond donors (Lipinski definition) is 3. The summed E-state index contributed by atoms with van der Waals surface area (Å²) in [7, 11) is 0. The molecule has 4 aliphatic rings. The van der Waals surface area contributed by atoms with Crippen molar-refractivity contribution in [3.63, 3.8) is 0 Å². The van der Waals surface area contributed by atoms with E-state index in [9.17, 15) is 20.1 Å². The molecule has 2 saturated carbocycles. The van der Waals surface area contributed by atoms with Gasteiger partial charge in [0, 0.05) is 5.92 Å². The van der Waals surface area contributed by atoms with Gasteiger partial charge in [0.25, 0.3) is 0 Å². The van der Waals surface area contributed by atoms with Crippen molar-refractivity contribution in [1.29, 1.82) is 0 Å². The molecule has 0 saturated heterocycles. The Labute approximate surface area is 185 Å². The lowest BCUT2D eigenvalue weighted by Gasteiger charge is -2.49. The highest BCUT2D eigenvalue weighted by Gasteiger charge is 2.76. The maximum atomic E-state index is 14.3. The Bertz CT molecular complexity index is 882. The van der Waals surface area contributed by atoms with Gasteiger partial charge >= 0.3 is 0 Å². The Balaban J connectivity index is 1.90. The van der Waals surface area contributed by atoms with E-state index in [-0.39, 0.29) is 29.1 Å². The number of ether oxygens (including phenoxy) is 1. The van der Waals surface area contributed by atoms with Crippen molar-refractivity contribution in [1.82, 2.24) is 0 Å². The predicted octanol–water partition coefficient (Wildman–Crippen LogP) is 3.19. The van der Waals surface area contributed by atoms with E-state index in [2.05, 4.69) is 13.8 Å². The van der Waals surface area contributed by atoms with Gasteiger partial charge in [-0.15, -0.1) is 0 Å². The van der Waals surface area contributed by atoms with Crippen LogP contribution < -0.4 is 0 Å². The number of carbonyl (C=O) groups is 1. The number of carbonyl (C=O) groups excluding carboxylic acids is 1. The Morgan fingerprint density at radius 3 is 2.61 bits per heavy atom. The van der Waals surface area contributed by atoms with Gasteiger partial charge in [0.1, 0.15) is 17.8 Å².